The van der Waals surface area contributed by atoms with Crippen LogP contribution in [0.4, 0.5) is 0 Å². The molecule has 0 saturated carbocycles. The number of benzene rings is 4. The summed E-state index contributed by atoms with van der Waals surface area (Å²) >= 11 is 13.7. The molecule has 2 aromatic heterocycles. The van der Waals surface area contributed by atoms with E-state index >= 15 is 0 Å². The molecule has 1 saturated heterocycles. The molecule has 44 heavy (non-hydrogen) atoms. The van der Waals surface area contributed by atoms with Crippen LogP contribution in [0.1, 0.15) is 51.6 Å². The third-order valence-electron chi connectivity index (χ3n) is 9.24. The first-order valence-electron chi connectivity index (χ1n) is 14.4. The number of fused-ring (bicyclic) bond motifs is 12. The van der Waals surface area contributed by atoms with E-state index in [1.54, 1.807) is 0 Å². The molecule has 8 nitrogen and oxygen atoms in total. The summed E-state index contributed by atoms with van der Waals surface area (Å²) in [6.07, 6.45) is 0. The van der Waals surface area contributed by atoms with Gasteiger partial charge in [-0.05, 0) is 55.8 Å². The number of ether oxygens (including phenoxy) is 1. The van der Waals surface area contributed by atoms with Gasteiger partial charge >= 0.3 is 0 Å². The van der Waals surface area contributed by atoms with Crippen LogP contribution in [0.2, 0.25) is 10.0 Å². The van der Waals surface area contributed by atoms with Crippen LogP contribution < -0.4 is 0 Å². The Morgan fingerprint density at radius 1 is 0.682 bits per heavy atom. The normalized spacial score (nSPS) is 23.1. The highest BCUT2D eigenvalue weighted by molar-refractivity contribution is 6.31. The van der Waals surface area contributed by atoms with Gasteiger partial charge in [-0.3, -0.25) is 9.13 Å². The molecule has 0 aliphatic carbocycles. The number of nitrogens with zero attached hydrogens (tertiary/aromatic N) is 7. The fourth-order valence-electron chi connectivity index (χ4n) is 7.59. The summed E-state index contributed by atoms with van der Waals surface area (Å²) in [6.45, 7) is 4.35. The summed E-state index contributed by atoms with van der Waals surface area (Å²) in [5.41, 5.74) is 3.39. The molecule has 216 valence electrons. The van der Waals surface area contributed by atoms with Crippen molar-refractivity contribution in [2.45, 2.75) is 37.8 Å². The summed E-state index contributed by atoms with van der Waals surface area (Å²) < 4.78 is 12.2. The first-order chi connectivity index (χ1) is 21.4. The fraction of sp³-hybridized carbons (Fsp3) is 0.176. The van der Waals surface area contributed by atoms with E-state index in [0.29, 0.717) is 16.6 Å². The van der Waals surface area contributed by atoms with Crippen LogP contribution in [0.25, 0.3) is 11.4 Å². The molecule has 9 rings (SSSR count). The van der Waals surface area contributed by atoms with Crippen molar-refractivity contribution in [3.05, 3.63) is 153 Å². The van der Waals surface area contributed by atoms with Gasteiger partial charge in [-0.15, -0.1) is 20.4 Å². The molecule has 3 unspecified atom stereocenters. The zero-order valence-electron chi connectivity index (χ0n) is 23.8. The molecule has 0 N–H and O–H groups in total. The third-order valence-corrected chi connectivity index (χ3v) is 9.71. The quantitative estimate of drug-likeness (QED) is 0.212. The van der Waals surface area contributed by atoms with Crippen LogP contribution in [0, 0.1) is 13.8 Å². The Hall–Kier alpha value is -4.34. The topological polar surface area (TPSA) is 73.9 Å². The highest BCUT2D eigenvalue weighted by Gasteiger charge is 2.69. The maximum absolute atomic E-state index is 7.93. The van der Waals surface area contributed by atoms with E-state index in [4.69, 9.17) is 38.1 Å². The van der Waals surface area contributed by atoms with Gasteiger partial charge in [0.15, 0.2) is 17.4 Å². The SMILES string of the molecule is Cc1nnc2n1-c1ccc(Cl)cc1C1(c3ccccc3)OC3(c4ccccc4)c4cc(Cl)ccc4-n4c(C)nnc4C3N1C2. The van der Waals surface area contributed by atoms with Crippen LogP contribution in [-0.2, 0) is 22.6 Å². The predicted octanol–water partition coefficient (Wildman–Crippen LogP) is 6.82. The Morgan fingerprint density at radius 3 is 1.98 bits per heavy atom. The molecule has 4 aromatic carbocycles. The largest absolute Gasteiger partial charge is 0.333 e. The molecule has 3 aliphatic heterocycles. The number of aromatic nitrogens is 6. The average Bonchev–Trinajstić information content (AvgIpc) is 3.68. The molecule has 3 aliphatic rings. The Morgan fingerprint density at radius 2 is 1.27 bits per heavy atom. The van der Waals surface area contributed by atoms with Crippen LogP contribution in [-0.4, -0.2) is 34.4 Å². The lowest BCUT2D eigenvalue weighted by Crippen LogP contribution is -2.45. The highest BCUT2D eigenvalue weighted by atomic mass is 35.5. The van der Waals surface area contributed by atoms with E-state index in [9.17, 15) is 0 Å². The van der Waals surface area contributed by atoms with Gasteiger partial charge in [0.1, 0.15) is 23.3 Å². The van der Waals surface area contributed by atoms with Crippen molar-refractivity contribution >= 4 is 23.2 Å². The van der Waals surface area contributed by atoms with Gasteiger partial charge in [0.25, 0.3) is 0 Å². The van der Waals surface area contributed by atoms with E-state index in [0.717, 1.165) is 56.9 Å². The first-order valence-corrected chi connectivity index (χ1v) is 15.2. The van der Waals surface area contributed by atoms with Gasteiger partial charge in [-0.25, -0.2) is 4.90 Å². The van der Waals surface area contributed by atoms with Crippen molar-refractivity contribution < 1.29 is 4.74 Å². The Kier molecular flexibility index (Phi) is 5.39. The number of rotatable bonds is 2. The molecule has 0 bridgehead atoms. The second-order valence-corrected chi connectivity index (χ2v) is 12.4. The molecular formula is C34H25Cl2N7O. The third kappa shape index (κ3) is 3.21. The molecule has 0 radical (unpaired) electrons. The van der Waals surface area contributed by atoms with Crippen molar-refractivity contribution in [1.82, 2.24) is 34.4 Å². The van der Waals surface area contributed by atoms with Crippen molar-refractivity contribution in [3.63, 3.8) is 0 Å². The standard InChI is InChI=1S/C34H25Cl2N7O/c1-20-37-39-30-19-41-31-32-40-38-21(2)43(32)28-15-13-24(35)17-26(28)33(31,22-9-5-3-6-10-22)44-34(41,23-11-7-4-8-12-23)27-18-25(36)14-16-29(27)42(20)30/h3-18,31H,19H2,1-2H3. The van der Waals surface area contributed by atoms with Gasteiger partial charge in [0, 0.05) is 26.7 Å². The van der Waals surface area contributed by atoms with Gasteiger partial charge in [-0.1, -0.05) is 83.9 Å². The zero-order valence-corrected chi connectivity index (χ0v) is 25.3. The monoisotopic (exact) mass is 617 g/mol. The summed E-state index contributed by atoms with van der Waals surface area (Å²) in [7, 11) is 0. The smallest absolute Gasteiger partial charge is 0.178 e. The minimum absolute atomic E-state index is 0.406. The molecule has 5 heterocycles. The molecule has 3 atom stereocenters. The lowest BCUT2D eigenvalue weighted by atomic mass is 9.76. The van der Waals surface area contributed by atoms with E-state index < -0.39 is 17.4 Å². The van der Waals surface area contributed by atoms with Gasteiger partial charge in [0.2, 0.25) is 0 Å². The summed E-state index contributed by atoms with van der Waals surface area (Å²) in [4.78, 5) is 2.36. The van der Waals surface area contributed by atoms with E-state index in [2.05, 4.69) is 48.5 Å². The zero-order chi connectivity index (χ0) is 29.8. The molecule has 6 aromatic rings. The number of halogens is 2. The first kappa shape index (κ1) is 26.1. The van der Waals surface area contributed by atoms with Crippen LogP contribution in [0.5, 0.6) is 0 Å². The molecule has 1 fully saturated rings. The second-order valence-electron chi connectivity index (χ2n) is 11.5. The molecule has 10 heteroatoms. The average molecular weight is 619 g/mol. The molecule has 0 amide bonds. The Balaban J connectivity index is 1.49. The Labute approximate surface area is 263 Å². The van der Waals surface area contributed by atoms with Crippen LogP contribution in [0.15, 0.2) is 97.1 Å². The minimum Gasteiger partial charge on any atom is -0.333 e. The van der Waals surface area contributed by atoms with Crippen LogP contribution >= 0.6 is 23.2 Å². The van der Waals surface area contributed by atoms with Crippen LogP contribution in [0.3, 0.4) is 0 Å². The summed E-state index contributed by atoms with van der Waals surface area (Å²) in [5, 5.41) is 19.9. The van der Waals surface area contributed by atoms with Crippen molar-refractivity contribution in [3.8, 4) is 11.4 Å². The lowest BCUT2D eigenvalue weighted by Gasteiger charge is -2.41. The van der Waals surface area contributed by atoms with E-state index in [1.807, 2.05) is 86.6 Å². The second kappa shape index (κ2) is 9.09. The maximum Gasteiger partial charge on any atom is 0.178 e. The highest BCUT2D eigenvalue weighted by Crippen LogP contribution is 2.66. The minimum atomic E-state index is -1.14. The van der Waals surface area contributed by atoms with E-state index in [-0.39, 0.29) is 0 Å². The lowest BCUT2D eigenvalue weighted by molar-refractivity contribution is -0.110. The fourth-order valence-corrected chi connectivity index (χ4v) is 7.93. The van der Waals surface area contributed by atoms with E-state index in [1.165, 1.54) is 0 Å². The number of hydrogen-bond donors (Lipinski definition) is 0. The van der Waals surface area contributed by atoms with Crippen molar-refractivity contribution in [2.24, 2.45) is 0 Å². The van der Waals surface area contributed by atoms with Crippen molar-refractivity contribution in [2.75, 3.05) is 0 Å². The summed E-state index contributed by atoms with van der Waals surface area (Å²) in [6, 6.07) is 32.1. The maximum atomic E-state index is 7.93. The predicted molar refractivity (Wildman–Crippen MR) is 166 cm³/mol. The molecule has 0 spiro atoms. The number of aryl methyl sites for hydroxylation is 2. The molecular weight excluding hydrogens is 593 g/mol. The summed E-state index contributed by atoms with van der Waals surface area (Å²) in [5.74, 6) is 3.12. The van der Waals surface area contributed by atoms with Crippen molar-refractivity contribution in [1.29, 1.82) is 0 Å². The van der Waals surface area contributed by atoms with Gasteiger partial charge in [0.05, 0.1) is 17.9 Å². The Bertz CT molecular complexity index is 2110. The van der Waals surface area contributed by atoms with Gasteiger partial charge < -0.3 is 4.74 Å². The van der Waals surface area contributed by atoms with Gasteiger partial charge in [-0.2, -0.15) is 0 Å². The number of hydrogen-bond acceptors (Lipinski definition) is 6.